The molecule has 0 saturated carbocycles. The molecule has 0 aliphatic heterocycles. The maximum absolute atomic E-state index is 12.3. The van der Waals surface area contributed by atoms with Crippen LogP contribution < -0.4 is 10.3 Å². The third kappa shape index (κ3) is 3.52. The summed E-state index contributed by atoms with van der Waals surface area (Å²) in [7, 11) is -3.95. The van der Waals surface area contributed by atoms with Gasteiger partial charge in [0.05, 0.1) is 4.90 Å². The number of carboxylic acid groups (broad SMARTS) is 1. The van der Waals surface area contributed by atoms with E-state index in [0.717, 1.165) is 0 Å². The van der Waals surface area contributed by atoms with E-state index in [9.17, 15) is 18.0 Å². The van der Waals surface area contributed by atoms with Crippen molar-refractivity contribution < 1.29 is 18.3 Å². The molecule has 3 N–H and O–H groups in total. The Bertz CT molecular complexity index is 857. The number of nitrogens with one attached hydrogen (secondary N) is 2. The highest BCUT2D eigenvalue weighted by Gasteiger charge is 2.24. The monoisotopic (exact) mass is 324 g/mol. The zero-order valence-electron chi connectivity index (χ0n) is 11.9. The first-order chi connectivity index (χ1) is 10.3. The van der Waals surface area contributed by atoms with Gasteiger partial charge in [-0.3, -0.25) is 9.59 Å². The molecular weight excluding hydrogens is 308 g/mol. The summed E-state index contributed by atoms with van der Waals surface area (Å²) in [6.45, 7) is 1.77. The van der Waals surface area contributed by atoms with E-state index < -0.39 is 22.0 Å². The fraction of sp³-hybridized carbons (Fsp3) is 0.286. The fourth-order valence-electron chi connectivity index (χ4n) is 2.08. The van der Waals surface area contributed by atoms with Crippen molar-refractivity contribution in [2.24, 2.45) is 0 Å². The van der Waals surface area contributed by atoms with Crippen molar-refractivity contribution in [2.45, 2.75) is 30.7 Å². The van der Waals surface area contributed by atoms with Gasteiger partial charge in [-0.1, -0.05) is 13.3 Å². The molecule has 7 nitrogen and oxygen atoms in total. The van der Waals surface area contributed by atoms with E-state index >= 15 is 0 Å². The summed E-state index contributed by atoms with van der Waals surface area (Å²) in [6.07, 6.45) is 0.744. The number of pyridine rings is 1. The molecule has 0 aliphatic carbocycles. The lowest BCUT2D eigenvalue weighted by Gasteiger charge is -2.14. The number of aromatic nitrogens is 1. The van der Waals surface area contributed by atoms with E-state index in [1.165, 1.54) is 30.3 Å². The Kier molecular flexibility index (Phi) is 4.62. The SMILES string of the molecule is CCCC(NS(=O)(=O)c1ccc2[nH]c(=O)ccc2c1)C(=O)O. The number of sulfonamides is 1. The first kappa shape index (κ1) is 16.2. The Morgan fingerprint density at radius 1 is 1.32 bits per heavy atom. The molecule has 1 unspecified atom stereocenters. The van der Waals surface area contributed by atoms with E-state index in [4.69, 9.17) is 5.11 Å². The van der Waals surface area contributed by atoms with Crippen molar-refractivity contribution >= 4 is 26.9 Å². The third-order valence-corrected chi connectivity index (χ3v) is 4.65. The van der Waals surface area contributed by atoms with Crippen LogP contribution in [0.5, 0.6) is 0 Å². The zero-order chi connectivity index (χ0) is 16.3. The van der Waals surface area contributed by atoms with E-state index in [1.807, 2.05) is 0 Å². The minimum Gasteiger partial charge on any atom is -0.480 e. The number of hydrogen-bond acceptors (Lipinski definition) is 4. The summed E-state index contributed by atoms with van der Waals surface area (Å²) in [5.74, 6) is -1.21. The van der Waals surface area contributed by atoms with Crippen LogP contribution in [0.3, 0.4) is 0 Å². The first-order valence-electron chi connectivity index (χ1n) is 6.71. The Morgan fingerprint density at radius 3 is 2.68 bits per heavy atom. The van der Waals surface area contributed by atoms with Crippen LogP contribution >= 0.6 is 0 Å². The molecule has 0 radical (unpaired) electrons. The summed E-state index contributed by atoms with van der Waals surface area (Å²) in [5.41, 5.74) is 0.227. The molecule has 0 spiro atoms. The Balaban J connectivity index is 2.38. The molecule has 0 aliphatic rings. The molecule has 2 aromatic rings. The summed E-state index contributed by atoms with van der Waals surface area (Å²) in [4.78, 5) is 24.8. The molecular formula is C14H16N2O5S. The number of rotatable bonds is 6. The first-order valence-corrected chi connectivity index (χ1v) is 8.20. The third-order valence-electron chi connectivity index (χ3n) is 3.18. The maximum Gasteiger partial charge on any atom is 0.321 e. The molecule has 1 aromatic heterocycles. The molecule has 1 heterocycles. The predicted octanol–water partition coefficient (Wildman–Crippen LogP) is 1.06. The summed E-state index contributed by atoms with van der Waals surface area (Å²) < 4.78 is 26.8. The number of fused-ring (bicyclic) bond motifs is 1. The summed E-state index contributed by atoms with van der Waals surface area (Å²) in [5, 5.41) is 9.60. The topological polar surface area (TPSA) is 116 Å². The van der Waals surface area contributed by atoms with Crippen molar-refractivity contribution in [3.05, 3.63) is 40.7 Å². The van der Waals surface area contributed by atoms with E-state index in [0.29, 0.717) is 17.3 Å². The number of carboxylic acids is 1. The minimum atomic E-state index is -3.95. The second-order valence-electron chi connectivity index (χ2n) is 4.87. The van der Waals surface area contributed by atoms with Crippen molar-refractivity contribution in [1.82, 2.24) is 9.71 Å². The Labute approximate surface area is 127 Å². The average Bonchev–Trinajstić information content (AvgIpc) is 2.45. The van der Waals surface area contributed by atoms with Gasteiger partial charge in [-0.2, -0.15) is 4.72 Å². The van der Waals surface area contributed by atoms with E-state index in [-0.39, 0.29) is 16.9 Å². The summed E-state index contributed by atoms with van der Waals surface area (Å²) in [6, 6.07) is 5.82. The van der Waals surface area contributed by atoms with Crippen molar-refractivity contribution in [3.8, 4) is 0 Å². The normalized spacial score (nSPS) is 13.1. The van der Waals surface area contributed by atoms with Gasteiger partial charge >= 0.3 is 5.97 Å². The van der Waals surface area contributed by atoms with Gasteiger partial charge in [0.15, 0.2) is 0 Å². The lowest BCUT2D eigenvalue weighted by Crippen LogP contribution is -2.40. The fourth-order valence-corrected chi connectivity index (χ4v) is 3.33. The van der Waals surface area contributed by atoms with Gasteiger partial charge < -0.3 is 10.1 Å². The molecule has 0 fully saturated rings. The van der Waals surface area contributed by atoms with Gasteiger partial charge in [0.25, 0.3) is 0 Å². The molecule has 118 valence electrons. The average molecular weight is 324 g/mol. The molecule has 0 saturated heterocycles. The maximum atomic E-state index is 12.3. The van der Waals surface area contributed by atoms with Crippen LogP contribution in [-0.4, -0.2) is 30.5 Å². The standard InChI is InChI=1S/C14H16N2O5S/c1-2-3-12(14(18)19)16-22(20,21)10-5-6-11-9(8-10)4-7-13(17)15-11/h4-8,12,16H,2-3H2,1H3,(H,15,17)(H,18,19). The lowest BCUT2D eigenvalue weighted by molar-refractivity contribution is -0.139. The van der Waals surface area contributed by atoms with Gasteiger partial charge in [0.1, 0.15) is 6.04 Å². The number of benzene rings is 1. The zero-order valence-corrected chi connectivity index (χ0v) is 12.7. The Morgan fingerprint density at radius 2 is 2.05 bits per heavy atom. The molecule has 0 bridgehead atoms. The van der Waals surface area contributed by atoms with E-state index in [2.05, 4.69) is 9.71 Å². The smallest absolute Gasteiger partial charge is 0.321 e. The number of aromatic amines is 1. The highest BCUT2D eigenvalue weighted by Crippen LogP contribution is 2.17. The van der Waals surface area contributed by atoms with Crippen molar-refractivity contribution in [2.75, 3.05) is 0 Å². The van der Waals surface area contributed by atoms with Gasteiger partial charge in [0.2, 0.25) is 15.6 Å². The van der Waals surface area contributed by atoms with Gasteiger partial charge in [0, 0.05) is 11.6 Å². The molecule has 1 atom stereocenters. The quantitative estimate of drug-likeness (QED) is 0.734. The van der Waals surface area contributed by atoms with Crippen LogP contribution in [0.25, 0.3) is 10.9 Å². The molecule has 22 heavy (non-hydrogen) atoms. The molecule has 0 amide bonds. The van der Waals surface area contributed by atoms with Crippen molar-refractivity contribution in [1.29, 1.82) is 0 Å². The van der Waals surface area contributed by atoms with Crippen LogP contribution in [0, 0.1) is 0 Å². The van der Waals surface area contributed by atoms with E-state index in [1.54, 1.807) is 6.92 Å². The number of H-pyrrole nitrogens is 1. The largest absolute Gasteiger partial charge is 0.480 e. The number of hydrogen-bond donors (Lipinski definition) is 3. The lowest BCUT2D eigenvalue weighted by atomic mass is 10.2. The van der Waals surface area contributed by atoms with Crippen molar-refractivity contribution in [3.63, 3.8) is 0 Å². The molecule has 1 aromatic carbocycles. The van der Waals surface area contributed by atoms with Crippen LogP contribution in [0.15, 0.2) is 40.0 Å². The van der Waals surface area contributed by atoms with Crippen LogP contribution in [-0.2, 0) is 14.8 Å². The predicted molar refractivity (Wildman–Crippen MR) is 81.2 cm³/mol. The van der Waals surface area contributed by atoms with Crippen LogP contribution in [0.4, 0.5) is 0 Å². The number of aliphatic carboxylic acids is 1. The second-order valence-corrected chi connectivity index (χ2v) is 6.59. The second kappa shape index (κ2) is 6.29. The van der Waals surface area contributed by atoms with Gasteiger partial charge in [-0.25, -0.2) is 8.42 Å². The number of carbonyl (C=O) groups is 1. The van der Waals surface area contributed by atoms with Gasteiger partial charge in [-0.15, -0.1) is 0 Å². The highest BCUT2D eigenvalue weighted by molar-refractivity contribution is 7.89. The molecule has 8 heteroatoms. The molecule has 2 rings (SSSR count). The summed E-state index contributed by atoms with van der Waals surface area (Å²) >= 11 is 0. The van der Waals surface area contributed by atoms with Gasteiger partial charge in [-0.05, 0) is 36.1 Å². The van der Waals surface area contributed by atoms with Crippen LogP contribution in [0.2, 0.25) is 0 Å². The minimum absolute atomic E-state index is 0.0468. The Hall–Kier alpha value is -2.19. The van der Waals surface area contributed by atoms with Crippen LogP contribution in [0.1, 0.15) is 19.8 Å². The highest BCUT2D eigenvalue weighted by atomic mass is 32.2.